The first-order valence-electron chi connectivity index (χ1n) is 4.29. The highest BCUT2D eigenvalue weighted by Crippen LogP contribution is 2.39. The van der Waals surface area contributed by atoms with E-state index < -0.39 is 17.2 Å². The van der Waals surface area contributed by atoms with Crippen LogP contribution in [0.3, 0.4) is 0 Å². The molecule has 0 aliphatic carbocycles. The number of carbonyl (C=O) groups excluding carboxylic acids is 1. The van der Waals surface area contributed by atoms with Gasteiger partial charge in [-0.3, -0.25) is 0 Å². The third-order valence-corrected chi connectivity index (χ3v) is 2.41. The largest absolute Gasteiger partial charge is 0.479 e. The van der Waals surface area contributed by atoms with Gasteiger partial charge in [-0.05, 0) is 26.7 Å². The Morgan fingerprint density at radius 3 is 2.46 bits per heavy atom. The Labute approximate surface area is 76.9 Å². The summed E-state index contributed by atoms with van der Waals surface area (Å²) >= 11 is 0. The molecule has 0 saturated carbocycles. The summed E-state index contributed by atoms with van der Waals surface area (Å²) in [5, 5.41) is 8.94. The van der Waals surface area contributed by atoms with Crippen molar-refractivity contribution < 1.29 is 19.4 Å². The minimum Gasteiger partial charge on any atom is -0.479 e. The molecule has 0 bridgehead atoms. The smallest absolute Gasteiger partial charge is 0.336 e. The fourth-order valence-corrected chi connectivity index (χ4v) is 1.65. The first-order chi connectivity index (χ1) is 5.92. The minimum atomic E-state index is -1.27. The molecule has 1 rings (SSSR count). The van der Waals surface area contributed by atoms with E-state index in [1.807, 2.05) is 13.8 Å². The SMILES string of the molecule is CC1(C)CCC(CC=O)(C(=O)O)O1. The van der Waals surface area contributed by atoms with Gasteiger partial charge in [0.25, 0.3) is 0 Å². The van der Waals surface area contributed by atoms with Gasteiger partial charge in [0.15, 0.2) is 5.60 Å². The van der Waals surface area contributed by atoms with Crippen LogP contribution in [0.15, 0.2) is 0 Å². The van der Waals surface area contributed by atoms with Gasteiger partial charge < -0.3 is 14.6 Å². The highest BCUT2D eigenvalue weighted by atomic mass is 16.6. The Bertz CT molecular complexity index is 234. The normalized spacial score (nSPS) is 31.5. The number of ether oxygens (including phenoxy) is 1. The third-order valence-electron chi connectivity index (χ3n) is 2.41. The predicted octanol–water partition coefficient (Wildman–Crippen LogP) is 0.988. The molecule has 1 heterocycles. The van der Waals surface area contributed by atoms with Crippen molar-refractivity contribution in [2.24, 2.45) is 0 Å². The molecule has 0 spiro atoms. The molecule has 1 aliphatic rings. The first kappa shape index (κ1) is 10.2. The Kier molecular flexibility index (Phi) is 2.43. The predicted molar refractivity (Wildman–Crippen MR) is 45.4 cm³/mol. The molecule has 4 nitrogen and oxygen atoms in total. The molecule has 0 radical (unpaired) electrons. The van der Waals surface area contributed by atoms with Crippen LogP contribution in [0.5, 0.6) is 0 Å². The summed E-state index contributed by atoms with van der Waals surface area (Å²) in [7, 11) is 0. The van der Waals surface area contributed by atoms with Crippen molar-refractivity contribution in [3.8, 4) is 0 Å². The molecule has 4 heteroatoms. The van der Waals surface area contributed by atoms with Crippen LogP contribution in [0.25, 0.3) is 0 Å². The Hall–Kier alpha value is -0.900. The molecule has 1 aliphatic heterocycles. The van der Waals surface area contributed by atoms with E-state index in [-0.39, 0.29) is 6.42 Å². The van der Waals surface area contributed by atoms with Gasteiger partial charge >= 0.3 is 5.97 Å². The van der Waals surface area contributed by atoms with E-state index in [1.54, 1.807) is 0 Å². The van der Waals surface area contributed by atoms with Gasteiger partial charge in [-0.25, -0.2) is 4.79 Å². The molecule has 1 saturated heterocycles. The average molecular weight is 186 g/mol. The second-order valence-corrected chi connectivity index (χ2v) is 4.03. The van der Waals surface area contributed by atoms with Crippen LogP contribution in [0.2, 0.25) is 0 Å². The zero-order valence-corrected chi connectivity index (χ0v) is 7.87. The molecule has 0 aromatic heterocycles. The van der Waals surface area contributed by atoms with Crippen LogP contribution in [0, 0.1) is 0 Å². The van der Waals surface area contributed by atoms with Crippen LogP contribution >= 0.6 is 0 Å². The van der Waals surface area contributed by atoms with Crippen LogP contribution in [-0.4, -0.2) is 28.6 Å². The zero-order chi connectivity index (χ0) is 10.1. The molecular formula is C9H14O4. The molecule has 1 atom stereocenters. The van der Waals surface area contributed by atoms with Crippen molar-refractivity contribution in [2.45, 2.75) is 44.3 Å². The van der Waals surface area contributed by atoms with Crippen molar-refractivity contribution >= 4 is 12.3 Å². The fourth-order valence-electron chi connectivity index (χ4n) is 1.65. The van der Waals surface area contributed by atoms with Gasteiger partial charge in [-0.15, -0.1) is 0 Å². The molecule has 13 heavy (non-hydrogen) atoms. The van der Waals surface area contributed by atoms with Crippen molar-refractivity contribution in [1.29, 1.82) is 0 Å². The maximum Gasteiger partial charge on any atom is 0.336 e. The standard InChI is InChI=1S/C9H14O4/c1-8(2)3-4-9(13-8,5-6-10)7(11)12/h6H,3-5H2,1-2H3,(H,11,12). The van der Waals surface area contributed by atoms with E-state index in [0.29, 0.717) is 19.1 Å². The average Bonchev–Trinajstić information content (AvgIpc) is 2.28. The second kappa shape index (κ2) is 3.10. The maximum absolute atomic E-state index is 10.9. The van der Waals surface area contributed by atoms with Crippen LogP contribution < -0.4 is 0 Å². The Balaban J connectivity index is 2.83. The van der Waals surface area contributed by atoms with E-state index in [4.69, 9.17) is 9.84 Å². The Morgan fingerprint density at radius 2 is 2.15 bits per heavy atom. The number of rotatable bonds is 3. The highest BCUT2D eigenvalue weighted by molar-refractivity contribution is 5.81. The topological polar surface area (TPSA) is 63.6 Å². The van der Waals surface area contributed by atoms with Gasteiger partial charge in [-0.2, -0.15) is 0 Å². The molecule has 1 unspecified atom stereocenters. The first-order valence-corrected chi connectivity index (χ1v) is 4.29. The molecule has 0 aromatic carbocycles. The van der Waals surface area contributed by atoms with E-state index in [9.17, 15) is 9.59 Å². The lowest BCUT2D eigenvalue weighted by Crippen LogP contribution is -2.40. The van der Waals surface area contributed by atoms with Crippen molar-refractivity contribution in [1.82, 2.24) is 0 Å². The second-order valence-electron chi connectivity index (χ2n) is 4.03. The summed E-state index contributed by atoms with van der Waals surface area (Å²) in [6.07, 6.45) is 1.63. The van der Waals surface area contributed by atoms with Gasteiger partial charge in [-0.1, -0.05) is 0 Å². The summed E-state index contributed by atoms with van der Waals surface area (Å²) in [5.41, 5.74) is -1.70. The van der Waals surface area contributed by atoms with Gasteiger partial charge in [0, 0.05) is 6.42 Å². The fraction of sp³-hybridized carbons (Fsp3) is 0.778. The number of carbonyl (C=O) groups is 2. The molecule has 74 valence electrons. The van der Waals surface area contributed by atoms with Gasteiger partial charge in [0.05, 0.1) is 5.60 Å². The monoisotopic (exact) mass is 186 g/mol. The van der Waals surface area contributed by atoms with Crippen molar-refractivity contribution in [3.63, 3.8) is 0 Å². The van der Waals surface area contributed by atoms with Crippen LogP contribution in [0.4, 0.5) is 0 Å². The molecule has 0 amide bonds. The number of aldehydes is 1. The highest BCUT2D eigenvalue weighted by Gasteiger charge is 2.49. The molecule has 0 aromatic rings. The summed E-state index contributed by atoms with van der Waals surface area (Å²) in [6.45, 7) is 3.67. The molecule has 1 N–H and O–H groups in total. The van der Waals surface area contributed by atoms with E-state index in [2.05, 4.69) is 0 Å². The van der Waals surface area contributed by atoms with Crippen molar-refractivity contribution in [3.05, 3.63) is 0 Å². The van der Waals surface area contributed by atoms with Gasteiger partial charge in [0.2, 0.25) is 0 Å². The Morgan fingerprint density at radius 1 is 1.54 bits per heavy atom. The number of carboxylic acid groups (broad SMARTS) is 1. The molecule has 1 fully saturated rings. The van der Waals surface area contributed by atoms with E-state index in [0.717, 1.165) is 0 Å². The number of hydrogen-bond acceptors (Lipinski definition) is 3. The molecular weight excluding hydrogens is 172 g/mol. The van der Waals surface area contributed by atoms with Gasteiger partial charge in [0.1, 0.15) is 6.29 Å². The lowest BCUT2D eigenvalue weighted by Gasteiger charge is -2.25. The van der Waals surface area contributed by atoms with Crippen LogP contribution in [-0.2, 0) is 14.3 Å². The quantitative estimate of drug-likeness (QED) is 0.667. The third kappa shape index (κ3) is 1.88. The summed E-state index contributed by atoms with van der Waals surface area (Å²) in [4.78, 5) is 21.3. The lowest BCUT2D eigenvalue weighted by atomic mass is 9.95. The minimum absolute atomic E-state index is 0.0637. The number of hydrogen-bond donors (Lipinski definition) is 1. The van der Waals surface area contributed by atoms with E-state index >= 15 is 0 Å². The number of aliphatic carboxylic acids is 1. The van der Waals surface area contributed by atoms with Crippen molar-refractivity contribution in [2.75, 3.05) is 0 Å². The number of carboxylic acids is 1. The lowest BCUT2D eigenvalue weighted by molar-refractivity contribution is -0.172. The maximum atomic E-state index is 10.9. The summed E-state index contributed by atoms with van der Waals surface area (Å²) < 4.78 is 5.41. The summed E-state index contributed by atoms with van der Waals surface area (Å²) in [6, 6.07) is 0. The van der Waals surface area contributed by atoms with Crippen LogP contribution in [0.1, 0.15) is 33.1 Å². The zero-order valence-electron chi connectivity index (χ0n) is 7.87. The van der Waals surface area contributed by atoms with E-state index in [1.165, 1.54) is 0 Å². The summed E-state index contributed by atoms with van der Waals surface area (Å²) in [5.74, 6) is -1.04.